The number of methoxy groups -OCH3 is 1. The Balaban J connectivity index is 1.96. The SMILES string of the molecule is COc1cc(S(=O)(=O)Nc2cnc3ccccc3c2)ccc1Br. The quantitative estimate of drug-likeness (QED) is 0.732. The van der Waals surface area contributed by atoms with E-state index in [4.69, 9.17) is 4.74 Å². The van der Waals surface area contributed by atoms with Gasteiger partial charge in [-0.1, -0.05) is 18.2 Å². The first-order chi connectivity index (χ1) is 11.0. The largest absolute Gasteiger partial charge is 0.496 e. The minimum atomic E-state index is -3.72. The third-order valence-electron chi connectivity index (χ3n) is 3.28. The Morgan fingerprint density at radius 2 is 1.91 bits per heavy atom. The third-order valence-corrected chi connectivity index (χ3v) is 5.31. The van der Waals surface area contributed by atoms with E-state index in [0.717, 1.165) is 10.9 Å². The number of ether oxygens (including phenoxy) is 1. The first-order valence-electron chi connectivity index (χ1n) is 6.71. The van der Waals surface area contributed by atoms with Crippen LogP contribution in [0.25, 0.3) is 10.9 Å². The van der Waals surface area contributed by atoms with Crippen LogP contribution in [0.2, 0.25) is 0 Å². The van der Waals surface area contributed by atoms with Crippen LogP contribution in [0.15, 0.2) is 64.1 Å². The number of nitrogens with zero attached hydrogens (tertiary/aromatic N) is 1. The molecule has 0 radical (unpaired) electrons. The van der Waals surface area contributed by atoms with Crippen molar-refractivity contribution >= 4 is 42.5 Å². The van der Waals surface area contributed by atoms with Gasteiger partial charge >= 0.3 is 0 Å². The number of fused-ring (bicyclic) bond motifs is 1. The van der Waals surface area contributed by atoms with Crippen LogP contribution < -0.4 is 9.46 Å². The lowest BCUT2D eigenvalue weighted by atomic mass is 10.2. The average Bonchev–Trinajstić information content (AvgIpc) is 2.54. The summed E-state index contributed by atoms with van der Waals surface area (Å²) in [5.41, 5.74) is 1.21. The van der Waals surface area contributed by atoms with Gasteiger partial charge in [-0.15, -0.1) is 0 Å². The highest BCUT2D eigenvalue weighted by molar-refractivity contribution is 9.10. The van der Waals surface area contributed by atoms with E-state index in [1.807, 2.05) is 24.3 Å². The molecule has 3 rings (SSSR count). The van der Waals surface area contributed by atoms with E-state index in [1.165, 1.54) is 25.4 Å². The summed E-state index contributed by atoms with van der Waals surface area (Å²) in [6.07, 6.45) is 1.50. The molecule has 0 fully saturated rings. The molecule has 0 atom stereocenters. The van der Waals surface area contributed by atoms with Gasteiger partial charge < -0.3 is 4.74 Å². The van der Waals surface area contributed by atoms with Crippen LogP contribution in [0.3, 0.4) is 0 Å². The molecule has 1 N–H and O–H groups in total. The number of aromatic nitrogens is 1. The van der Waals surface area contributed by atoms with Crippen molar-refractivity contribution in [2.24, 2.45) is 0 Å². The zero-order chi connectivity index (χ0) is 16.4. The molecule has 5 nitrogen and oxygen atoms in total. The average molecular weight is 393 g/mol. The van der Waals surface area contributed by atoms with Crippen LogP contribution in [-0.2, 0) is 10.0 Å². The maximum absolute atomic E-state index is 12.5. The Morgan fingerprint density at radius 3 is 2.70 bits per heavy atom. The highest BCUT2D eigenvalue weighted by Gasteiger charge is 2.16. The Hall–Kier alpha value is -2.12. The molecule has 0 aliphatic heterocycles. The van der Waals surface area contributed by atoms with E-state index in [-0.39, 0.29) is 4.90 Å². The van der Waals surface area contributed by atoms with Gasteiger partial charge in [-0.25, -0.2) is 8.42 Å². The van der Waals surface area contributed by atoms with Crippen LogP contribution in [0.5, 0.6) is 5.75 Å². The fraction of sp³-hybridized carbons (Fsp3) is 0.0625. The number of anilines is 1. The molecule has 0 saturated heterocycles. The van der Waals surface area contributed by atoms with Crippen LogP contribution in [0.4, 0.5) is 5.69 Å². The zero-order valence-corrected chi connectivity index (χ0v) is 14.6. The monoisotopic (exact) mass is 392 g/mol. The summed E-state index contributed by atoms with van der Waals surface area (Å²) in [5, 5.41) is 0.862. The highest BCUT2D eigenvalue weighted by Crippen LogP contribution is 2.28. The molecule has 1 heterocycles. The van der Waals surface area contributed by atoms with Crippen molar-refractivity contribution in [1.29, 1.82) is 0 Å². The first kappa shape index (κ1) is 15.8. The van der Waals surface area contributed by atoms with Crippen molar-refractivity contribution in [3.63, 3.8) is 0 Å². The second-order valence-corrected chi connectivity index (χ2v) is 7.36. The molecule has 0 spiro atoms. The maximum Gasteiger partial charge on any atom is 0.262 e. The zero-order valence-electron chi connectivity index (χ0n) is 12.2. The summed E-state index contributed by atoms with van der Waals surface area (Å²) in [4.78, 5) is 4.36. The number of para-hydroxylation sites is 1. The van der Waals surface area contributed by atoms with Crippen molar-refractivity contribution in [2.45, 2.75) is 4.90 Å². The van der Waals surface area contributed by atoms with E-state index < -0.39 is 10.0 Å². The third kappa shape index (κ3) is 3.30. The predicted octanol–water partition coefficient (Wildman–Crippen LogP) is 3.81. The Morgan fingerprint density at radius 1 is 1.13 bits per heavy atom. The number of hydrogen-bond donors (Lipinski definition) is 1. The molecule has 118 valence electrons. The van der Waals surface area contributed by atoms with Gasteiger partial charge in [0.25, 0.3) is 10.0 Å². The second kappa shape index (κ2) is 6.17. The summed E-state index contributed by atoms with van der Waals surface area (Å²) in [5.74, 6) is 0.449. The summed E-state index contributed by atoms with van der Waals surface area (Å²) in [6, 6.07) is 13.8. The normalized spacial score (nSPS) is 11.4. The minimum absolute atomic E-state index is 0.116. The van der Waals surface area contributed by atoms with Gasteiger partial charge in [-0.3, -0.25) is 9.71 Å². The molecule has 0 amide bonds. The lowest BCUT2D eigenvalue weighted by Gasteiger charge is -2.10. The van der Waals surface area contributed by atoms with Crippen LogP contribution in [0.1, 0.15) is 0 Å². The van der Waals surface area contributed by atoms with Crippen molar-refractivity contribution in [2.75, 3.05) is 11.8 Å². The lowest BCUT2D eigenvalue weighted by molar-refractivity contribution is 0.411. The van der Waals surface area contributed by atoms with Crippen molar-refractivity contribution in [1.82, 2.24) is 4.98 Å². The van der Waals surface area contributed by atoms with Gasteiger partial charge in [0.1, 0.15) is 5.75 Å². The Labute approximate surface area is 142 Å². The molecule has 2 aromatic carbocycles. The second-order valence-electron chi connectivity index (χ2n) is 4.82. The van der Waals surface area contributed by atoms with E-state index in [2.05, 4.69) is 25.6 Å². The molecule has 3 aromatic rings. The van der Waals surface area contributed by atoms with Crippen molar-refractivity contribution < 1.29 is 13.2 Å². The smallest absolute Gasteiger partial charge is 0.262 e. The van der Waals surface area contributed by atoms with E-state index in [0.29, 0.717) is 15.9 Å². The van der Waals surface area contributed by atoms with Crippen molar-refractivity contribution in [3.05, 3.63) is 59.2 Å². The Kier molecular flexibility index (Phi) is 4.23. The fourth-order valence-corrected chi connectivity index (χ4v) is 3.61. The fourth-order valence-electron chi connectivity index (χ4n) is 2.15. The maximum atomic E-state index is 12.5. The number of benzene rings is 2. The van der Waals surface area contributed by atoms with Crippen LogP contribution in [-0.4, -0.2) is 20.5 Å². The van der Waals surface area contributed by atoms with Crippen LogP contribution in [0, 0.1) is 0 Å². The number of rotatable bonds is 4. The van der Waals surface area contributed by atoms with E-state index >= 15 is 0 Å². The van der Waals surface area contributed by atoms with Gasteiger partial charge in [0.15, 0.2) is 0 Å². The number of pyridine rings is 1. The van der Waals surface area contributed by atoms with Crippen LogP contribution >= 0.6 is 15.9 Å². The molecule has 23 heavy (non-hydrogen) atoms. The molecule has 0 aliphatic carbocycles. The molecule has 0 aliphatic rings. The molecular formula is C16H13BrN2O3S. The number of halogens is 1. The predicted molar refractivity (Wildman–Crippen MR) is 93.2 cm³/mol. The highest BCUT2D eigenvalue weighted by atomic mass is 79.9. The molecular weight excluding hydrogens is 380 g/mol. The molecule has 7 heteroatoms. The van der Waals surface area contributed by atoms with Gasteiger partial charge in [0.05, 0.1) is 33.9 Å². The standard InChI is InChI=1S/C16H13BrN2O3S/c1-22-16-9-13(6-7-14(16)17)23(20,21)19-12-8-11-4-2-3-5-15(11)18-10-12/h2-10,19H,1H3. The molecule has 0 bridgehead atoms. The number of nitrogens with one attached hydrogen (secondary N) is 1. The summed E-state index contributed by atoms with van der Waals surface area (Å²) >= 11 is 3.30. The molecule has 1 aromatic heterocycles. The molecule has 0 unspecified atom stereocenters. The lowest BCUT2D eigenvalue weighted by Crippen LogP contribution is -2.13. The van der Waals surface area contributed by atoms with E-state index in [9.17, 15) is 8.42 Å². The van der Waals surface area contributed by atoms with E-state index in [1.54, 1.807) is 12.1 Å². The van der Waals surface area contributed by atoms with Gasteiger partial charge in [0.2, 0.25) is 0 Å². The minimum Gasteiger partial charge on any atom is -0.496 e. The van der Waals surface area contributed by atoms with Gasteiger partial charge in [-0.05, 0) is 40.2 Å². The number of sulfonamides is 1. The van der Waals surface area contributed by atoms with Gasteiger partial charge in [0, 0.05) is 11.5 Å². The number of hydrogen-bond acceptors (Lipinski definition) is 4. The van der Waals surface area contributed by atoms with Gasteiger partial charge in [-0.2, -0.15) is 0 Å². The summed E-state index contributed by atoms with van der Waals surface area (Å²) in [6.45, 7) is 0. The van der Waals surface area contributed by atoms with Crippen molar-refractivity contribution in [3.8, 4) is 5.75 Å². The Bertz CT molecular complexity index is 974. The summed E-state index contributed by atoms with van der Waals surface area (Å²) < 4.78 is 33.4. The topological polar surface area (TPSA) is 68.3 Å². The first-order valence-corrected chi connectivity index (χ1v) is 8.98. The summed E-state index contributed by atoms with van der Waals surface area (Å²) in [7, 11) is -2.24. The molecule has 0 saturated carbocycles.